The molecule has 4 N–H and O–H groups in total. The molecule has 1 aromatic rings. The molecule has 10 heteroatoms. The van der Waals surface area contributed by atoms with Gasteiger partial charge in [-0.3, -0.25) is 9.78 Å². The summed E-state index contributed by atoms with van der Waals surface area (Å²) in [5.74, 6) is -3.62. The number of nitrogens with one attached hydrogen (secondary N) is 1. The smallest absolute Gasteiger partial charge is 0.407 e. The first kappa shape index (κ1) is 23.9. The molecule has 1 atom stereocenters. The second-order valence-corrected chi connectivity index (χ2v) is 9.04. The number of pyridine rings is 1. The average Bonchev–Trinajstić information content (AvgIpc) is 3.72. The van der Waals surface area contributed by atoms with E-state index < -0.39 is 35.9 Å². The molecule has 32 heavy (non-hydrogen) atoms. The van der Waals surface area contributed by atoms with Gasteiger partial charge in [-0.25, -0.2) is 13.6 Å². The van der Waals surface area contributed by atoms with Gasteiger partial charge < -0.3 is 21.1 Å². The van der Waals surface area contributed by atoms with Gasteiger partial charge in [0.2, 0.25) is 5.91 Å². The lowest BCUT2D eigenvalue weighted by Gasteiger charge is -2.29. The maximum atomic E-state index is 13.9. The van der Waals surface area contributed by atoms with Crippen LogP contribution in [-0.4, -0.2) is 51.7 Å². The summed E-state index contributed by atoms with van der Waals surface area (Å²) in [5.41, 5.74) is 5.23. The van der Waals surface area contributed by atoms with E-state index in [1.165, 1.54) is 42.3 Å². The lowest BCUT2D eigenvalue weighted by atomic mass is 9.94. The summed E-state index contributed by atoms with van der Waals surface area (Å²) in [6.07, 6.45) is 7.15. The third-order valence-corrected chi connectivity index (χ3v) is 6.59. The van der Waals surface area contributed by atoms with Crippen LogP contribution in [0.2, 0.25) is 0 Å². The van der Waals surface area contributed by atoms with Crippen LogP contribution in [0.5, 0.6) is 0 Å². The van der Waals surface area contributed by atoms with Crippen molar-refractivity contribution < 1.29 is 23.5 Å². The minimum atomic E-state index is -3.06. The molecule has 2 aliphatic carbocycles. The van der Waals surface area contributed by atoms with Gasteiger partial charge in [0.05, 0.1) is 12.1 Å². The molecule has 0 unspecified atom stereocenters. The molecule has 8 nitrogen and oxygen atoms in total. The van der Waals surface area contributed by atoms with E-state index >= 15 is 0 Å². The molecule has 174 valence electrons. The number of hydrogen-bond donors (Lipinski definition) is 3. The maximum absolute atomic E-state index is 13.9. The van der Waals surface area contributed by atoms with Crippen LogP contribution in [0, 0.1) is 16.7 Å². The van der Waals surface area contributed by atoms with E-state index in [1.54, 1.807) is 0 Å². The Morgan fingerprint density at radius 3 is 2.28 bits per heavy atom. The number of alkyl halides is 2. The van der Waals surface area contributed by atoms with Crippen LogP contribution in [0.15, 0.2) is 24.5 Å². The van der Waals surface area contributed by atoms with Crippen molar-refractivity contribution in [2.75, 3.05) is 13.1 Å². The number of nitrogens with two attached hydrogens (primary N) is 1. The zero-order valence-corrected chi connectivity index (χ0v) is 17.9. The molecule has 3 aliphatic rings. The quantitative estimate of drug-likeness (QED) is 0.612. The van der Waals surface area contributed by atoms with Gasteiger partial charge in [-0.2, -0.15) is 5.26 Å². The molecule has 1 aromatic heterocycles. The minimum absolute atomic E-state index is 0.152. The van der Waals surface area contributed by atoms with Crippen molar-refractivity contribution in [2.45, 2.75) is 68.9 Å². The van der Waals surface area contributed by atoms with Gasteiger partial charge in [0.1, 0.15) is 5.54 Å². The number of nitriles is 1. The molecule has 2 amide bonds. The molecule has 0 bridgehead atoms. The molecule has 3 fully saturated rings. The Kier molecular flexibility index (Phi) is 6.98. The Bertz CT molecular complexity index is 856. The highest BCUT2D eigenvalue weighted by Gasteiger charge is 2.46. The van der Waals surface area contributed by atoms with Crippen LogP contribution < -0.4 is 11.1 Å². The zero-order valence-electron chi connectivity index (χ0n) is 17.9. The molecule has 2 saturated carbocycles. The van der Waals surface area contributed by atoms with Gasteiger partial charge in [-0.15, -0.1) is 0 Å². The molecule has 0 aromatic carbocycles. The number of halogens is 2. The summed E-state index contributed by atoms with van der Waals surface area (Å²) in [7, 11) is 0. The minimum Gasteiger partial charge on any atom is -0.465 e. The SMILES string of the molecule is N#CC1(NC(=O)[C@@H](N)CCC(F)(F)c2ccncc2)CC1.O=C(O)N1CCC2(CC1)CC2. The van der Waals surface area contributed by atoms with Crippen LogP contribution in [-0.2, 0) is 10.7 Å². The number of likely N-dealkylation sites (tertiary alicyclic amines) is 1. The monoisotopic (exact) mass is 449 g/mol. The Hall–Kier alpha value is -2.80. The molecule has 4 rings (SSSR count). The number of amides is 2. The van der Waals surface area contributed by atoms with Crippen LogP contribution in [0.1, 0.15) is 56.9 Å². The highest BCUT2D eigenvalue weighted by molar-refractivity contribution is 5.83. The Morgan fingerprint density at radius 2 is 1.81 bits per heavy atom. The predicted octanol–water partition coefficient (Wildman–Crippen LogP) is 2.99. The fourth-order valence-corrected chi connectivity index (χ4v) is 3.78. The van der Waals surface area contributed by atoms with Crippen molar-refractivity contribution in [1.29, 1.82) is 5.26 Å². The summed E-state index contributed by atoms with van der Waals surface area (Å²) in [6.45, 7) is 1.52. The zero-order chi connectivity index (χ0) is 23.4. The van der Waals surface area contributed by atoms with Gasteiger partial charge in [0.25, 0.3) is 5.92 Å². The Balaban J connectivity index is 0.000000219. The first-order valence-corrected chi connectivity index (χ1v) is 10.9. The van der Waals surface area contributed by atoms with Gasteiger partial charge >= 0.3 is 6.09 Å². The van der Waals surface area contributed by atoms with E-state index in [2.05, 4.69) is 10.3 Å². The van der Waals surface area contributed by atoms with Crippen molar-refractivity contribution in [3.05, 3.63) is 30.1 Å². The second kappa shape index (κ2) is 9.36. The van der Waals surface area contributed by atoms with Gasteiger partial charge in [0.15, 0.2) is 0 Å². The normalized spacial score (nSPS) is 20.9. The molecule has 1 spiro atoms. The number of rotatable bonds is 6. The maximum Gasteiger partial charge on any atom is 0.407 e. The summed E-state index contributed by atoms with van der Waals surface area (Å²) < 4.78 is 27.9. The number of aromatic nitrogens is 1. The number of carbonyl (C=O) groups is 2. The summed E-state index contributed by atoms with van der Waals surface area (Å²) in [4.78, 5) is 27.5. The van der Waals surface area contributed by atoms with Crippen molar-refractivity contribution in [3.8, 4) is 6.07 Å². The predicted molar refractivity (Wildman–Crippen MR) is 112 cm³/mol. The number of nitrogens with zero attached hydrogens (tertiary/aromatic N) is 3. The van der Waals surface area contributed by atoms with E-state index in [1.807, 2.05) is 6.07 Å². The van der Waals surface area contributed by atoms with Crippen molar-refractivity contribution in [2.24, 2.45) is 11.1 Å². The molecular formula is C22H29F2N5O3. The fraction of sp³-hybridized carbons (Fsp3) is 0.636. The first-order valence-electron chi connectivity index (χ1n) is 10.9. The van der Waals surface area contributed by atoms with Gasteiger partial charge in [-0.1, -0.05) is 0 Å². The van der Waals surface area contributed by atoms with E-state index in [9.17, 15) is 18.4 Å². The van der Waals surface area contributed by atoms with E-state index in [0.717, 1.165) is 25.9 Å². The standard InChI is InChI=1S/C14H16F2N4O.C8H13NO2/c15-14(16,10-2-7-19-8-3-10)4-1-11(18)12(21)20-13(9-17)5-6-13;10-7(11)9-5-3-8(1-2-8)4-6-9/h2-3,7-8,11H,1,4-6,18H2,(H,20,21);1-6H2,(H,10,11)/t11-;/m0./s1. The van der Waals surface area contributed by atoms with Gasteiger partial charge in [0, 0.05) is 37.5 Å². The van der Waals surface area contributed by atoms with Gasteiger partial charge in [-0.05, 0) is 62.5 Å². The van der Waals surface area contributed by atoms with Crippen LogP contribution in [0.4, 0.5) is 13.6 Å². The Morgan fingerprint density at radius 1 is 1.22 bits per heavy atom. The van der Waals surface area contributed by atoms with E-state index in [4.69, 9.17) is 16.1 Å². The number of carboxylic acid groups (broad SMARTS) is 1. The highest BCUT2D eigenvalue weighted by Crippen LogP contribution is 2.53. The van der Waals surface area contributed by atoms with Crippen molar-refractivity contribution in [1.82, 2.24) is 15.2 Å². The van der Waals surface area contributed by atoms with E-state index in [0.29, 0.717) is 18.3 Å². The molecule has 1 aliphatic heterocycles. The third kappa shape index (κ3) is 6.13. The fourth-order valence-electron chi connectivity index (χ4n) is 3.78. The molecule has 2 heterocycles. The number of piperidine rings is 1. The van der Waals surface area contributed by atoms with E-state index in [-0.39, 0.29) is 12.0 Å². The second-order valence-electron chi connectivity index (χ2n) is 9.04. The van der Waals surface area contributed by atoms with Crippen molar-refractivity contribution in [3.63, 3.8) is 0 Å². The van der Waals surface area contributed by atoms with Crippen molar-refractivity contribution >= 4 is 12.0 Å². The third-order valence-electron chi connectivity index (χ3n) is 6.59. The van der Waals surface area contributed by atoms with Crippen LogP contribution >= 0.6 is 0 Å². The Labute approximate surface area is 185 Å². The molecule has 0 radical (unpaired) electrons. The summed E-state index contributed by atoms with van der Waals surface area (Å²) in [5, 5.41) is 20.0. The van der Waals surface area contributed by atoms with Crippen LogP contribution in [0.3, 0.4) is 0 Å². The first-order chi connectivity index (χ1) is 15.1. The lowest BCUT2D eigenvalue weighted by Crippen LogP contribution is -2.46. The highest BCUT2D eigenvalue weighted by atomic mass is 19.3. The summed E-state index contributed by atoms with van der Waals surface area (Å²) >= 11 is 0. The molecular weight excluding hydrogens is 420 g/mol. The topological polar surface area (TPSA) is 132 Å². The largest absolute Gasteiger partial charge is 0.465 e. The molecule has 1 saturated heterocycles. The lowest BCUT2D eigenvalue weighted by molar-refractivity contribution is -0.123. The summed E-state index contributed by atoms with van der Waals surface area (Å²) in [6, 6.07) is 3.41. The average molecular weight is 450 g/mol. The van der Waals surface area contributed by atoms with Crippen LogP contribution in [0.25, 0.3) is 0 Å². The number of hydrogen-bond acceptors (Lipinski definition) is 5. The number of carbonyl (C=O) groups excluding carboxylic acids is 1.